The summed E-state index contributed by atoms with van der Waals surface area (Å²) in [5, 5.41) is 2.90. The van der Waals surface area contributed by atoms with E-state index >= 15 is 0 Å². The van der Waals surface area contributed by atoms with Gasteiger partial charge < -0.3 is 10.2 Å². The third-order valence-corrected chi connectivity index (χ3v) is 4.21. The molecular weight excluding hydrogens is 347 g/mol. The Kier molecular flexibility index (Phi) is 5.69. The Hall–Kier alpha value is -1.72. The lowest BCUT2D eigenvalue weighted by Gasteiger charge is -2.14. The summed E-state index contributed by atoms with van der Waals surface area (Å²) < 4.78 is 13.9. The summed E-state index contributed by atoms with van der Waals surface area (Å²) in [5.41, 5.74) is 2.87. The lowest BCUT2D eigenvalue weighted by molar-refractivity contribution is -0.885. The molecule has 0 aliphatic rings. The fraction of sp³-hybridized carbons (Fsp3) is 0.235. The third-order valence-electron chi connectivity index (χ3n) is 3.32. The summed E-state index contributed by atoms with van der Waals surface area (Å²) in [6.07, 6.45) is 0. The number of carbonyl (C=O) groups excluding carboxylic acids is 1. The molecule has 0 aliphatic carbocycles. The standard InChI is InChI=1S/C17H18BrFN2O/c1-12-9-15(7-8-16(12)18)20-17(22)11-21(2)10-13-3-5-14(19)6-4-13/h3-9H,10-11H2,1-2H3,(H,20,22)/p+1. The Balaban J connectivity index is 1.88. The summed E-state index contributed by atoms with van der Waals surface area (Å²) in [6, 6.07) is 12.1. The van der Waals surface area contributed by atoms with Gasteiger partial charge in [0, 0.05) is 15.7 Å². The van der Waals surface area contributed by atoms with Gasteiger partial charge in [-0.1, -0.05) is 28.1 Å². The molecule has 0 aliphatic heterocycles. The van der Waals surface area contributed by atoms with Crippen molar-refractivity contribution in [3.8, 4) is 0 Å². The van der Waals surface area contributed by atoms with Crippen molar-refractivity contribution in [2.45, 2.75) is 13.5 Å². The largest absolute Gasteiger partial charge is 0.326 e. The van der Waals surface area contributed by atoms with E-state index in [9.17, 15) is 9.18 Å². The van der Waals surface area contributed by atoms with Gasteiger partial charge >= 0.3 is 0 Å². The highest BCUT2D eigenvalue weighted by Gasteiger charge is 2.11. The number of benzene rings is 2. The molecule has 0 bridgehead atoms. The number of quaternary nitrogens is 1. The Labute approximate surface area is 138 Å². The number of nitrogens with one attached hydrogen (secondary N) is 2. The summed E-state index contributed by atoms with van der Waals surface area (Å²) >= 11 is 3.43. The van der Waals surface area contributed by atoms with Crippen LogP contribution in [0.3, 0.4) is 0 Å². The van der Waals surface area contributed by atoms with Crippen molar-refractivity contribution in [3.05, 3.63) is 63.9 Å². The monoisotopic (exact) mass is 365 g/mol. The van der Waals surface area contributed by atoms with Gasteiger partial charge in [0.05, 0.1) is 7.05 Å². The van der Waals surface area contributed by atoms with Crippen LogP contribution in [0.1, 0.15) is 11.1 Å². The molecule has 0 spiro atoms. The van der Waals surface area contributed by atoms with E-state index < -0.39 is 0 Å². The van der Waals surface area contributed by atoms with Crippen molar-refractivity contribution in [1.82, 2.24) is 0 Å². The van der Waals surface area contributed by atoms with Crippen LogP contribution in [0.5, 0.6) is 0 Å². The number of aryl methyl sites for hydroxylation is 1. The van der Waals surface area contributed by atoms with Crippen LogP contribution in [0.15, 0.2) is 46.9 Å². The molecule has 0 heterocycles. The second kappa shape index (κ2) is 7.51. The maximum absolute atomic E-state index is 12.9. The minimum atomic E-state index is -0.246. The van der Waals surface area contributed by atoms with Gasteiger partial charge in [0.2, 0.25) is 0 Å². The van der Waals surface area contributed by atoms with Crippen molar-refractivity contribution in [2.75, 3.05) is 18.9 Å². The van der Waals surface area contributed by atoms with Crippen LogP contribution in [-0.2, 0) is 11.3 Å². The maximum Gasteiger partial charge on any atom is 0.279 e. The molecule has 2 aromatic rings. The van der Waals surface area contributed by atoms with Crippen molar-refractivity contribution in [1.29, 1.82) is 0 Å². The minimum absolute atomic E-state index is 0.0404. The number of hydrogen-bond donors (Lipinski definition) is 2. The van der Waals surface area contributed by atoms with Gasteiger partial charge in [-0.05, 0) is 42.8 Å². The van der Waals surface area contributed by atoms with Crippen molar-refractivity contribution >= 4 is 27.5 Å². The highest BCUT2D eigenvalue weighted by atomic mass is 79.9. The van der Waals surface area contributed by atoms with Crippen molar-refractivity contribution < 1.29 is 14.1 Å². The molecule has 1 unspecified atom stereocenters. The number of hydrogen-bond acceptors (Lipinski definition) is 1. The van der Waals surface area contributed by atoms with E-state index in [0.29, 0.717) is 13.1 Å². The Morgan fingerprint density at radius 1 is 1.23 bits per heavy atom. The minimum Gasteiger partial charge on any atom is -0.326 e. The van der Waals surface area contributed by atoms with E-state index in [1.165, 1.54) is 12.1 Å². The first-order chi connectivity index (χ1) is 10.4. The second-order valence-corrected chi connectivity index (χ2v) is 6.30. The number of anilines is 1. The predicted octanol–water partition coefficient (Wildman–Crippen LogP) is 2.55. The van der Waals surface area contributed by atoms with Gasteiger partial charge in [0.15, 0.2) is 6.54 Å². The third kappa shape index (κ3) is 4.93. The topological polar surface area (TPSA) is 33.5 Å². The first-order valence-corrected chi connectivity index (χ1v) is 7.85. The van der Waals surface area contributed by atoms with Gasteiger partial charge in [-0.25, -0.2) is 4.39 Å². The first-order valence-electron chi connectivity index (χ1n) is 7.06. The zero-order valence-electron chi connectivity index (χ0n) is 12.6. The molecule has 0 radical (unpaired) electrons. The summed E-state index contributed by atoms with van der Waals surface area (Å²) in [5.74, 6) is -0.286. The molecule has 0 aromatic heterocycles. The lowest BCUT2D eigenvalue weighted by atomic mass is 10.2. The van der Waals surface area contributed by atoms with Gasteiger partial charge in [-0.15, -0.1) is 0 Å². The Bertz CT molecular complexity index is 658. The fourth-order valence-electron chi connectivity index (χ4n) is 2.21. The quantitative estimate of drug-likeness (QED) is 0.838. The highest BCUT2D eigenvalue weighted by molar-refractivity contribution is 9.10. The summed E-state index contributed by atoms with van der Waals surface area (Å²) in [4.78, 5) is 13.1. The number of halogens is 2. The molecule has 0 saturated carbocycles. The second-order valence-electron chi connectivity index (χ2n) is 5.45. The van der Waals surface area contributed by atoms with Crippen LogP contribution >= 0.6 is 15.9 Å². The molecule has 3 nitrogen and oxygen atoms in total. The molecule has 22 heavy (non-hydrogen) atoms. The predicted molar refractivity (Wildman–Crippen MR) is 89.4 cm³/mol. The highest BCUT2D eigenvalue weighted by Crippen LogP contribution is 2.19. The molecular formula is C17H19BrFN2O+. The molecule has 116 valence electrons. The maximum atomic E-state index is 12.9. The molecule has 0 fully saturated rings. The van der Waals surface area contributed by atoms with Crippen LogP contribution in [-0.4, -0.2) is 19.5 Å². The molecule has 2 N–H and O–H groups in total. The van der Waals surface area contributed by atoms with E-state index in [0.717, 1.165) is 26.2 Å². The average molecular weight is 366 g/mol. The number of amides is 1. The van der Waals surface area contributed by atoms with E-state index in [4.69, 9.17) is 0 Å². The SMILES string of the molecule is Cc1cc(NC(=O)C[NH+](C)Cc2ccc(F)cc2)ccc1Br. The van der Waals surface area contributed by atoms with E-state index in [1.807, 2.05) is 32.2 Å². The van der Waals surface area contributed by atoms with E-state index in [2.05, 4.69) is 21.2 Å². The molecule has 0 saturated heterocycles. The van der Waals surface area contributed by atoms with Crippen LogP contribution in [0.4, 0.5) is 10.1 Å². The average Bonchev–Trinajstić information content (AvgIpc) is 2.45. The fourth-order valence-corrected chi connectivity index (χ4v) is 2.46. The van der Waals surface area contributed by atoms with Crippen molar-refractivity contribution in [2.24, 2.45) is 0 Å². The zero-order valence-corrected chi connectivity index (χ0v) is 14.2. The van der Waals surface area contributed by atoms with Gasteiger partial charge in [0.25, 0.3) is 5.91 Å². The Morgan fingerprint density at radius 3 is 2.55 bits per heavy atom. The van der Waals surface area contributed by atoms with Crippen LogP contribution in [0, 0.1) is 12.7 Å². The van der Waals surface area contributed by atoms with E-state index in [1.54, 1.807) is 12.1 Å². The summed E-state index contributed by atoms with van der Waals surface area (Å²) in [7, 11) is 1.94. The van der Waals surface area contributed by atoms with Gasteiger partial charge in [-0.2, -0.15) is 0 Å². The first kappa shape index (κ1) is 16.6. The van der Waals surface area contributed by atoms with Gasteiger partial charge in [-0.3, -0.25) is 4.79 Å². The normalized spacial score (nSPS) is 12.0. The van der Waals surface area contributed by atoms with E-state index in [-0.39, 0.29) is 11.7 Å². The van der Waals surface area contributed by atoms with Crippen LogP contribution < -0.4 is 10.2 Å². The smallest absolute Gasteiger partial charge is 0.279 e. The molecule has 2 aromatic carbocycles. The molecule has 2 rings (SSSR count). The van der Waals surface area contributed by atoms with Crippen LogP contribution in [0.2, 0.25) is 0 Å². The molecule has 1 atom stereocenters. The number of rotatable bonds is 5. The van der Waals surface area contributed by atoms with Crippen molar-refractivity contribution in [3.63, 3.8) is 0 Å². The lowest BCUT2D eigenvalue weighted by Crippen LogP contribution is -3.08. The van der Waals surface area contributed by atoms with Gasteiger partial charge in [0.1, 0.15) is 12.4 Å². The Morgan fingerprint density at radius 2 is 1.91 bits per heavy atom. The molecule has 5 heteroatoms. The van der Waals surface area contributed by atoms with Crippen LogP contribution in [0.25, 0.3) is 0 Å². The molecule has 1 amide bonds. The number of likely N-dealkylation sites (N-methyl/N-ethyl adjacent to an activating group) is 1. The number of carbonyl (C=O) groups is 1. The zero-order chi connectivity index (χ0) is 16.1. The summed E-state index contributed by atoms with van der Waals surface area (Å²) in [6.45, 7) is 3.01.